The van der Waals surface area contributed by atoms with E-state index in [0.717, 1.165) is 36.6 Å². The highest BCUT2D eigenvalue weighted by Gasteiger charge is 2.36. The molecule has 2 N–H and O–H groups in total. The molecule has 0 aromatic heterocycles. The summed E-state index contributed by atoms with van der Waals surface area (Å²) in [4.78, 5) is 0. The lowest BCUT2D eigenvalue weighted by Crippen LogP contribution is -2.39. The predicted octanol–water partition coefficient (Wildman–Crippen LogP) is 1.99. The first-order valence-electron chi connectivity index (χ1n) is 6.06. The maximum Gasteiger partial charge on any atom is 0.231 e. The minimum absolute atomic E-state index is 0.0936. The van der Waals surface area contributed by atoms with E-state index in [2.05, 4.69) is 5.32 Å². The van der Waals surface area contributed by atoms with E-state index in [0.29, 0.717) is 6.79 Å². The van der Waals surface area contributed by atoms with Gasteiger partial charge < -0.3 is 19.9 Å². The lowest BCUT2D eigenvalue weighted by atomic mass is 9.69. The van der Waals surface area contributed by atoms with Gasteiger partial charge in [0.15, 0.2) is 11.5 Å². The van der Waals surface area contributed by atoms with Crippen molar-refractivity contribution in [2.24, 2.45) is 5.41 Å². The second-order valence-electron chi connectivity index (χ2n) is 4.93. The van der Waals surface area contributed by atoms with E-state index in [4.69, 9.17) is 9.47 Å². The SMILES string of the molecule is OCC1(CNc2ccc3c(c2)OCO3)CCC1. The van der Waals surface area contributed by atoms with Crippen molar-refractivity contribution >= 4 is 5.69 Å². The van der Waals surface area contributed by atoms with Crippen LogP contribution in [0.15, 0.2) is 18.2 Å². The van der Waals surface area contributed by atoms with Gasteiger partial charge in [0, 0.05) is 23.7 Å². The molecule has 1 aromatic carbocycles. The molecule has 17 heavy (non-hydrogen) atoms. The van der Waals surface area contributed by atoms with E-state index in [-0.39, 0.29) is 12.0 Å². The van der Waals surface area contributed by atoms with Crippen LogP contribution < -0.4 is 14.8 Å². The molecule has 0 amide bonds. The molecular formula is C13H17NO3. The monoisotopic (exact) mass is 235 g/mol. The highest BCUT2D eigenvalue weighted by atomic mass is 16.7. The number of anilines is 1. The van der Waals surface area contributed by atoms with Crippen molar-refractivity contribution < 1.29 is 14.6 Å². The van der Waals surface area contributed by atoms with Crippen LogP contribution in [0.25, 0.3) is 0 Å². The maximum atomic E-state index is 9.38. The van der Waals surface area contributed by atoms with Crippen molar-refractivity contribution in [1.29, 1.82) is 0 Å². The number of nitrogens with one attached hydrogen (secondary N) is 1. The number of aliphatic hydroxyl groups excluding tert-OH is 1. The molecule has 0 radical (unpaired) electrons. The molecule has 1 heterocycles. The fourth-order valence-corrected chi connectivity index (χ4v) is 2.36. The lowest BCUT2D eigenvalue weighted by Gasteiger charge is -2.40. The quantitative estimate of drug-likeness (QED) is 0.838. The summed E-state index contributed by atoms with van der Waals surface area (Å²) in [6.45, 7) is 1.40. The number of hydrogen-bond acceptors (Lipinski definition) is 4. The van der Waals surface area contributed by atoms with E-state index in [1.54, 1.807) is 0 Å². The molecule has 1 aliphatic heterocycles. The minimum Gasteiger partial charge on any atom is -0.454 e. The number of rotatable bonds is 4. The molecule has 0 unspecified atom stereocenters. The van der Waals surface area contributed by atoms with Gasteiger partial charge in [-0.1, -0.05) is 6.42 Å². The van der Waals surface area contributed by atoms with Gasteiger partial charge in [-0.3, -0.25) is 0 Å². The second-order valence-corrected chi connectivity index (χ2v) is 4.93. The van der Waals surface area contributed by atoms with Crippen molar-refractivity contribution in [3.63, 3.8) is 0 Å². The summed E-state index contributed by atoms with van der Waals surface area (Å²) >= 11 is 0. The average Bonchev–Trinajstić information content (AvgIpc) is 2.75. The zero-order valence-corrected chi connectivity index (χ0v) is 9.74. The van der Waals surface area contributed by atoms with Crippen molar-refractivity contribution in [3.05, 3.63) is 18.2 Å². The van der Waals surface area contributed by atoms with Crippen LogP contribution in [0, 0.1) is 5.41 Å². The Balaban J connectivity index is 1.65. The first kappa shape index (κ1) is 10.7. The van der Waals surface area contributed by atoms with Gasteiger partial charge in [-0.2, -0.15) is 0 Å². The van der Waals surface area contributed by atoms with Gasteiger partial charge in [-0.05, 0) is 25.0 Å². The zero-order chi connectivity index (χ0) is 11.7. The Labute approximate surface area is 101 Å². The molecule has 92 valence electrons. The Kier molecular flexibility index (Phi) is 2.59. The summed E-state index contributed by atoms with van der Waals surface area (Å²) in [6, 6.07) is 5.85. The number of ether oxygens (including phenoxy) is 2. The van der Waals surface area contributed by atoms with Crippen LogP contribution in [-0.2, 0) is 0 Å². The van der Waals surface area contributed by atoms with Crippen LogP contribution in [-0.4, -0.2) is 25.1 Å². The van der Waals surface area contributed by atoms with Crippen molar-refractivity contribution in [2.75, 3.05) is 25.3 Å². The predicted molar refractivity (Wildman–Crippen MR) is 64.4 cm³/mol. The molecule has 1 saturated carbocycles. The van der Waals surface area contributed by atoms with E-state index in [9.17, 15) is 5.11 Å². The lowest BCUT2D eigenvalue weighted by molar-refractivity contribution is 0.0576. The molecule has 4 nitrogen and oxygen atoms in total. The summed E-state index contributed by atoms with van der Waals surface area (Å²) in [6.07, 6.45) is 3.45. The minimum atomic E-state index is 0.0936. The van der Waals surface area contributed by atoms with Crippen LogP contribution in [0.1, 0.15) is 19.3 Å². The Hall–Kier alpha value is -1.42. The van der Waals surface area contributed by atoms with E-state index < -0.39 is 0 Å². The zero-order valence-electron chi connectivity index (χ0n) is 9.74. The van der Waals surface area contributed by atoms with Crippen molar-refractivity contribution in [2.45, 2.75) is 19.3 Å². The summed E-state index contributed by atoms with van der Waals surface area (Å²) in [5.74, 6) is 1.60. The maximum absolute atomic E-state index is 9.38. The summed E-state index contributed by atoms with van der Waals surface area (Å²) in [5.41, 5.74) is 1.12. The summed E-state index contributed by atoms with van der Waals surface area (Å²) in [7, 11) is 0. The Morgan fingerprint density at radius 2 is 2.06 bits per heavy atom. The number of benzene rings is 1. The molecule has 4 heteroatoms. The van der Waals surface area contributed by atoms with Crippen LogP contribution in [0.4, 0.5) is 5.69 Å². The molecule has 3 rings (SSSR count). The molecule has 1 fully saturated rings. The van der Waals surface area contributed by atoms with Crippen LogP contribution >= 0.6 is 0 Å². The summed E-state index contributed by atoms with van der Waals surface area (Å²) < 4.78 is 10.6. The number of aliphatic hydroxyl groups is 1. The fourth-order valence-electron chi connectivity index (χ4n) is 2.36. The second kappa shape index (κ2) is 4.11. The first-order valence-corrected chi connectivity index (χ1v) is 6.06. The molecule has 1 aliphatic carbocycles. The van der Waals surface area contributed by atoms with E-state index in [1.807, 2.05) is 18.2 Å². The molecule has 0 spiro atoms. The average molecular weight is 235 g/mol. The van der Waals surface area contributed by atoms with Crippen molar-refractivity contribution in [1.82, 2.24) is 0 Å². The third-order valence-corrected chi connectivity index (χ3v) is 3.79. The van der Waals surface area contributed by atoms with E-state index >= 15 is 0 Å². The van der Waals surface area contributed by atoms with Gasteiger partial charge in [-0.15, -0.1) is 0 Å². The Morgan fingerprint density at radius 3 is 2.76 bits per heavy atom. The highest BCUT2D eigenvalue weighted by Crippen LogP contribution is 2.41. The first-order chi connectivity index (χ1) is 8.31. The number of hydrogen-bond donors (Lipinski definition) is 2. The van der Waals surface area contributed by atoms with Gasteiger partial charge in [0.1, 0.15) is 0 Å². The van der Waals surface area contributed by atoms with Crippen LogP contribution in [0.2, 0.25) is 0 Å². The molecule has 1 aromatic rings. The topological polar surface area (TPSA) is 50.7 Å². The third kappa shape index (κ3) is 1.93. The Bertz CT molecular complexity index is 410. The fraction of sp³-hybridized carbons (Fsp3) is 0.538. The Morgan fingerprint density at radius 1 is 1.24 bits per heavy atom. The van der Waals surface area contributed by atoms with Crippen molar-refractivity contribution in [3.8, 4) is 11.5 Å². The van der Waals surface area contributed by atoms with E-state index in [1.165, 1.54) is 6.42 Å². The molecule has 0 bridgehead atoms. The third-order valence-electron chi connectivity index (χ3n) is 3.79. The molecular weight excluding hydrogens is 218 g/mol. The van der Waals surface area contributed by atoms with Gasteiger partial charge in [-0.25, -0.2) is 0 Å². The number of fused-ring (bicyclic) bond motifs is 1. The van der Waals surface area contributed by atoms with Gasteiger partial charge >= 0.3 is 0 Å². The largest absolute Gasteiger partial charge is 0.454 e. The molecule has 0 atom stereocenters. The smallest absolute Gasteiger partial charge is 0.231 e. The van der Waals surface area contributed by atoms with Crippen LogP contribution in [0.3, 0.4) is 0 Å². The van der Waals surface area contributed by atoms with Gasteiger partial charge in [0.25, 0.3) is 0 Å². The van der Waals surface area contributed by atoms with Gasteiger partial charge in [0.2, 0.25) is 6.79 Å². The highest BCUT2D eigenvalue weighted by molar-refractivity contribution is 5.55. The molecule has 0 saturated heterocycles. The molecule has 2 aliphatic rings. The van der Waals surface area contributed by atoms with Crippen LogP contribution in [0.5, 0.6) is 11.5 Å². The van der Waals surface area contributed by atoms with Gasteiger partial charge in [0.05, 0.1) is 6.61 Å². The standard InChI is InChI=1S/C13H17NO3/c15-8-13(4-1-5-13)7-14-10-2-3-11-12(6-10)17-9-16-11/h2-3,6,14-15H,1,4-5,7-9H2. The summed E-state index contributed by atoms with van der Waals surface area (Å²) in [5, 5.41) is 12.8. The normalized spacial score (nSPS) is 19.8.